The number of carbonyl (C=O) groups excluding carboxylic acids is 1. The molecule has 3 aromatic rings. The predicted octanol–water partition coefficient (Wildman–Crippen LogP) is 5.82. The lowest BCUT2D eigenvalue weighted by Crippen LogP contribution is -2.36. The molecule has 8 heteroatoms. The Labute approximate surface area is 219 Å². The molecule has 0 aliphatic carbocycles. The van der Waals surface area contributed by atoms with Gasteiger partial charge < -0.3 is 28.8 Å². The minimum atomic E-state index is -0.141. The normalized spacial score (nSPS) is 14.6. The van der Waals surface area contributed by atoms with E-state index in [0.29, 0.717) is 37.2 Å². The smallest absolute Gasteiger partial charge is 0.305 e. The monoisotopic (exact) mass is 509 g/mol. The van der Waals surface area contributed by atoms with Crippen LogP contribution in [0.1, 0.15) is 51.2 Å². The van der Waals surface area contributed by atoms with Crippen LogP contribution in [-0.2, 0) is 9.53 Å². The Hall–Kier alpha value is -3.26. The lowest BCUT2D eigenvalue weighted by Gasteiger charge is -2.30. The molecule has 0 spiro atoms. The number of benzene rings is 1. The molecule has 37 heavy (non-hydrogen) atoms. The molecule has 0 radical (unpaired) electrons. The van der Waals surface area contributed by atoms with Crippen LogP contribution in [0.15, 0.2) is 34.7 Å². The van der Waals surface area contributed by atoms with Crippen LogP contribution in [0.25, 0.3) is 22.4 Å². The van der Waals surface area contributed by atoms with Gasteiger partial charge in [-0.3, -0.25) is 4.79 Å². The van der Waals surface area contributed by atoms with Gasteiger partial charge in [-0.15, -0.1) is 0 Å². The third-order valence-corrected chi connectivity index (χ3v) is 6.75. The van der Waals surface area contributed by atoms with Gasteiger partial charge in [0.25, 0.3) is 0 Å². The van der Waals surface area contributed by atoms with E-state index in [2.05, 4.69) is 23.3 Å². The maximum Gasteiger partial charge on any atom is 0.305 e. The van der Waals surface area contributed by atoms with Gasteiger partial charge in [-0.1, -0.05) is 0 Å². The highest BCUT2D eigenvalue weighted by molar-refractivity contribution is 5.95. The summed E-state index contributed by atoms with van der Waals surface area (Å²) in [6, 6.07) is 10.3. The van der Waals surface area contributed by atoms with Crippen LogP contribution in [0.4, 0.5) is 5.69 Å². The standard InChI is InChI=1S/C29H39N3O5/c1-5-35-29(33)9-7-6-8-16-36-28-19-24-22(17-27(28)34-4)23(30-21-12-14-32(3)15-13-21)18-25(31-24)26-11-10-20(2)37-26/h10-11,17-19,21H,5-9,12-16H2,1-4H3,(H,30,31). The van der Waals surface area contributed by atoms with Gasteiger partial charge in [-0.2, -0.15) is 0 Å². The second-order valence-electron chi connectivity index (χ2n) is 9.67. The number of hydrogen-bond donors (Lipinski definition) is 1. The molecule has 1 aliphatic rings. The van der Waals surface area contributed by atoms with Crippen molar-refractivity contribution in [3.8, 4) is 23.0 Å². The number of nitrogens with one attached hydrogen (secondary N) is 1. The summed E-state index contributed by atoms with van der Waals surface area (Å²) < 4.78 is 22.7. The second-order valence-corrected chi connectivity index (χ2v) is 9.67. The lowest BCUT2D eigenvalue weighted by atomic mass is 10.0. The molecule has 1 aromatic carbocycles. The maximum atomic E-state index is 11.5. The molecule has 0 amide bonds. The second kappa shape index (κ2) is 12.8. The first-order chi connectivity index (χ1) is 18.0. The van der Waals surface area contributed by atoms with E-state index in [0.717, 1.165) is 79.0 Å². The Bertz CT molecular complexity index is 1180. The first-order valence-electron chi connectivity index (χ1n) is 13.3. The third-order valence-electron chi connectivity index (χ3n) is 6.75. The van der Waals surface area contributed by atoms with Crippen LogP contribution in [0.5, 0.6) is 11.5 Å². The zero-order chi connectivity index (χ0) is 26.2. The molecule has 3 heterocycles. The first-order valence-corrected chi connectivity index (χ1v) is 13.3. The number of nitrogens with zero attached hydrogens (tertiary/aromatic N) is 2. The van der Waals surface area contributed by atoms with Crippen molar-refractivity contribution in [1.82, 2.24) is 9.88 Å². The van der Waals surface area contributed by atoms with E-state index < -0.39 is 0 Å². The maximum absolute atomic E-state index is 11.5. The molecule has 1 aliphatic heterocycles. The number of furan rings is 1. The van der Waals surface area contributed by atoms with Crippen LogP contribution in [0, 0.1) is 6.92 Å². The number of ether oxygens (including phenoxy) is 3. The van der Waals surface area contributed by atoms with Gasteiger partial charge in [-0.05, 0) is 90.4 Å². The van der Waals surface area contributed by atoms with Crippen LogP contribution in [0.3, 0.4) is 0 Å². The van der Waals surface area contributed by atoms with Gasteiger partial charge in [0, 0.05) is 29.6 Å². The Morgan fingerprint density at radius 2 is 1.95 bits per heavy atom. The highest BCUT2D eigenvalue weighted by atomic mass is 16.5. The zero-order valence-electron chi connectivity index (χ0n) is 22.5. The number of aromatic nitrogens is 1. The summed E-state index contributed by atoms with van der Waals surface area (Å²) in [6.07, 6.45) is 5.13. The van der Waals surface area contributed by atoms with E-state index >= 15 is 0 Å². The molecule has 8 nitrogen and oxygen atoms in total. The number of likely N-dealkylation sites (tertiary alicyclic amines) is 1. The van der Waals surface area contributed by atoms with E-state index in [9.17, 15) is 4.79 Å². The summed E-state index contributed by atoms with van der Waals surface area (Å²) in [5.41, 5.74) is 2.62. The number of aryl methyl sites for hydroxylation is 1. The minimum absolute atomic E-state index is 0.141. The van der Waals surface area contributed by atoms with Gasteiger partial charge in [0.15, 0.2) is 17.3 Å². The number of methoxy groups -OCH3 is 1. The van der Waals surface area contributed by atoms with Crippen LogP contribution >= 0.6 is 0 Å². The molecule has 1 saturated heterocycles. The molecule has 200 valence electrons. The molecule has 4 rings (SSSR count). The Balaban J connectivity index is 1.54. The van der Waals surface area contributed by atoms with E-state index in [-0.39, 0.29) is 5.97 Å². The third kappa shape index (κ3) is 7.16. The number of anilines is 1. The highest BCUT2D eigenvalue weighted by Gasteiger charge is 2.20. The first kappa shape index (κ1) is 26.8. The average Bonchev–Trinajstić information content (AvgIpc) is 3.33. The SMILES string of the molecule is CCOC(=O)CCCCCOc1cc2nc(-c3ccc(C)o3)cc(NC3CCN(C)CC3)c2cc1OC. The molecule has 0 saturated carbocycles. The van der Waals surface area contributed by atoms with Crippen molar-refractivity contribution in [3.05, 3.63) is 36.1 Å². The summed E-state index contributed by atoms with van der Waals surface area (Å²) in [5.74, 6) is 2.78. The Morgan fingerprint density at radius 3 is 2.65 bits per heavy atom. The van der Waals surface area contributed by atoms with E-state index in [1.54, 1.807) is 7.11 Å². The topological polar surface area (TPSA) is 86.1 Å². The summed E-state index contributed by atoms with van der Waals surface area (Å²) in [5, 5.41) is 4.76. The molecular formula is C29H39N3O5. The zero-order valence-corrected chi connectivity index (χ0v) is 22.5. The molecule has 0 bridgehead atoms. The van der Waals surface area contributed by atoms with E-state index in [1.165, 1.54) is 0 Å². The van der Waals surface area contributed by atoms with E-state index in [1.807, 2.05) is 38.1 Å². The van der Waals surface area contributed by atoms with Crippen molar-refractivity contribution in [3.63, 3.8) is 0 Å². The minimum Gasteiger partial charge on any atom is -0.493 e. The number of hydrogen-bond acceptors (Lipinski definition) is 8. The van der Waals surface area contributed by atoms with Crippen LogP contribution in [0.2, 0.25) is 0 Å². The van der Waals surface area contributed by atoms with Gasteiger partial charge in [-0.25, -0.2) is 4.98 Å². The molecule has 0 atom stereocenters. The Morgan fingerprint density at radius 1 is 1.14 bits per heavy atom. The van der Waals surface area contributed by atoms with Crippen LogP contribution in [-0.4, -0.2) is 62.4 Å². The fourth-order valence-corrected chi connectivity index (χ4v) is 4.66. The number of carbonyl (C=O) groups is 1. The summed E-state index contributed by atoms with van der Waals surface area (Å²) in [4.78, 5) is 18.8. The van der Waals surface area contributed by atoms with Crippen LogP contribution < -0.4 is 14.8 Å². The van der Waals surface area contributed by atoms with Crippen molar-refractivity contribution in [2.75, 3.05) is 45.8 Å². The van der Waals surface area contributed by atoms with Crippen molar-refractivity contribution in [1.29, 1.82) is 0 Å². The van der Waals surface area contributed by atoms with Crippen molar-refractivity contribution < 1.29 is 23.4 Å². The summed E-state index contributed by atoms with van der Waals surface area (Å²) >= 11 is 0. The van der Waals surface area contributed by atoms with Gasteiger partial charge in [0.05, 0.1) is 25.8 Å². The van der Waals surface area contributed by atoms with Gasteiger partial charge in [0.1, 0.15) is 11.5 Å². The number of rotatable bonds is 12. The fraction of sp³-hybridized carbons (Fsp3) is 0.517. The molecular weight excluding hydrogens is 470 g/mol. The Kier molecular flexibility index (Phi) is 9.28. The highest BCUT2D eigenvalue weighted by Crippen LogP contribution is 2.38. The van der Waals surface area contributed by atoms with Crippen molar-refractivity contribution >= 4 is 22.6 Å². The summed E-state index contributed by atoms with van der Waals surface area (Å²) in [7, 11) is 3.83. The van der Waals surface area contributed by atoms with Crippen molar-refractivity contribution in [2.24, 2.45) is 0 Å². The number of piperidine rings is 1. The molecule has 1 fully saturated rings. The van der Waals surface area contributed by atoms with Gasteiger partial charge in [0.2, 0.25) is 0 Å². The number of unbranched alkanes of at least 4 members (excludes halogenated alkanes) is 2. The lowest BCUT2D eigenvalue weighted by molar-refractivity contribution is -0.143. The molecule has 0 unspecified atom stereocenters. The largest absolute Gasteiger partial charge is 0.493 e. The summed E-state index contributed by atoms with van der Waals surface area (Å²) in [6.45, 7) is 6.87. The van der Waals surface area contributed by atoms with Gasteiger partial charge >= 0.3 is 5.97 Å². The molecule has 1 N–H and O–H groups in total. The fourth-order valence-electron chi connectivity index (χ4n) is 4.66. The number of pyridine rings is 1. The number of fused-ring (bicyclic) bond motifs is 1. The quantitative estimate of drug-likeness (QED) is 0.241. The van der Waals surface area contributed by atoms with E-state index in [4.69, 9.17) is 23.6 Å². The predicted molar refractivity (Wildman–Crippen MR) is 145 cm³/mol. The van der Waals surface area contributed by atoms with Crippen molar-refractivity contribution in [2.45, 2.75) is 58.4 Å². The molecule has 2 aromatic heterocycles. The number of esters is 1. The average molecular weight is 510 g/mol.